The first kappa shape index (κ1) is 14.6. The van der Waals surface area contributed by atoms with Crippen LogP contribution in [0.5, 0.6) is 0 Å². The monoisotopic (exact) mass is 277 g/mol. The Morgan fingerprint density at radius 3 is 2.65 bits per heavy atom. The van der Waals surface area contributed by atoms with Crippen LogP contribution < -0.4 is 5.32 Å². The number of esters is 1. The Balaban J connectivity index is 2.41. The van der Waals surface area contributed by atoms with E-state index in [9.17, 15) is 4.79 Å². The average Bonchev–Trinajstić information content (AvgIpc) is 2.71. The Kier molecular flexibility index (Phi) is 3.63. The van der Waals surface area contributed by atoms with Crippen LogP contribution in [-0.4, -0.2) is 21.4 Å². The highest BCUT2D eigenvalue weighted by molar-refractivity contribution is 5.92. The van der Waals surface area contributed by atoms with Crippen LogP contribution in [0.1, 0.15) is 47.6 Å². The summed E-state index contributed by atoms with van der Waals surface area (Å²) >= 11 is 0. The molecule has 1 aliphatic rings. The average molecular weight is 277 g/mol. The maximum absolute atomic E-state index is 12.5. The number of hydrogen-bond acceptors (Lipinski definition) is 4. The highest BCUT2D eigenvalue weighted by Crippen LogP contribution is 2.36. The van der Waals surface area contributed by atoms with Crippen LogP contribution >= 0.6 is 0 Å². The number of rotatable bonds is 2. The molecule has 1 aliphatic heterocycles. The predicted octanol–water partition coefficient (Wildman–Crippen LogP) is 3.12. The number of hydrogen-bond donors (Lipinski definition) is 1. The second-order valence-electron chi connectivity index (χ2n) is 6.52. The highest BCUT2D eigenvalue weighted by Gasteiger charge is 2.35. The molecule has 1 atom stereocenters. The molecular formula is C15H23N3O2. The number of nitrogens with zero attached hydrogens (tertiary/aromatic N) is 2. The molecule has 0 fully saturated rings. The third-order valence-corrected chi connectivity index (χ3v) is 3.20. The number of anilines is 1. The molecule has 0 bridgehead atoms. The summed E-state index contributed by atoms with van der Waals surface area (Å²) < 4.78 is 7.40. The Morgan fingerprint density at radius 2 is 2.10 bits per heavy atom. The minimum atomic E-state index is -0.504. The van der Waals surface area contributed by atoms with Gasteiger partial charge in [-0.25, -0.2) is 9.48 Å². The summed E-state index contributed by atoms with van der Waals surface area (Å²) in [6.45, 7) is 11.7. The van der Waals surface area contributed by atoms with Gasteiger partial charge in [-0.05, 0) is 33.6 Å². The van der Waals surface area contributed by atoms with Crippen molar-refractivity contribution in [2.45, 2.75) is 53.2 Å². The molecule has 5 nitrogen and oxygen atoms in total. The van der Waals surface area contributed by atoms with Gasteiger partial charge in [-0.3, -0.25) is 0 Å². The minimum Gasteiger partial charge on any atom is -0.456 e. The van der Waals surface area contributed by atoms with Gasteiger partial charge in [0.25, 0.3) is 0 Å². The van der Waals surface area contributed by atoms with Crippen molar-refractivity contribution in [2.75, 3.05) is 5.32 Å². The quantitative estimate of drug-likeness (QED) is 0.844. The van der Waals surface area contributed by atoms with Gasteiger partial charge in [-0.2, -0.15) is 5.10 Å². The van der Waals surface area contributed by atoms with Crippen LogP contribution in [0.15, 0.2) is 23.5 Å². The standard InChI is InChI=1S/C15H23N3O2/c1-9(2)13-12(14(19)20-15(4,5)6)10(3)17-11-7-8-16-18(11)13/h7-9,13,17H,1-6H3. The highest BCUT2D eigenvalue weighted by atomic mass is 16.6. The Morgan fingerprint density at radius 1 is 1.45 bits per heavy atom. The molecule has 0 saturated carbocycles. The van der Waals surface area contributed by atoms with Gasteiger partial charge >= 0.3 is 5.97 Å². The lowest BCUT2D eigenvalue weighted by molar-refractivity contribution is -0.150. The lowest BCUT2D eigenvalue weighted by atomic mass is 9.93. The Labute approximate surface area is 120 Å². The number of carbonyl (C=O) groups is 1. The van der Waals surface area contributed by atoms with Crippen LogP contribution in [0.2, 0.25) is 0 Å². The van der Waals surface area contributed by atoms with E-state index in [0.717, 1.165) is 11.5 Å². The maximum atomic E-state index is 12.5. The Bertz CT molecular complexity index is 550. The van der Waals surface area contributed by atoms with Crippen molar-refractivity contribution in [3.8, 4) is 0 Å². The number of aromatic nitrogens is 2. The topological polar surface area (TPSA) is 56.2 Å². The third-order valence-electron chi connectivity index (χ3n) is 3.20. The first-order valence-corrected chi connectivity index (χ1v) is 6.95. The van der Waals surface area contributed by atoms with Crippen LogP contribution in [0.3, 0.4) is 0 Å². The van der Waals surface area contributed by atoms with Crippen molar-refractivity contribution in [1.82, 2.24) is 9.78 Å². The molecule has 0 aromatic carbocycles. The van der Waals surface area contributed by atoms with Crippen molar-refractivity contribution in [3.63, 3.8) is 0 Å². The van der Waals surface area contributed by atoms with Gasteiger partial charge in [0.1, 0.15) is 11.4 Å². The lowest BCUT2D eigenvalue weighted by Gasteiger charge is -2.32. The van der Waals surface area contributed by atoms with Crippen LogP contribution in [-0.2, 0) is 9.53 Å². The number of allylic oxidation sites excluding steroid dienone is 1. The molecule has 1 N–H and O–H groups in total. The van der Waals surface area contributed by atoms with Gasteiger partial charge in [0, 0.05) is 11.8 Å². The van der Waals surface area contributed by atoms with E-state index in [0.29, 0.717) is 5.57 Å². The molecule has 1 aromatic rings. The molecular weight excluding hydrogens is 254 g/mol. The van der Waals surface area contributed by atoms with Gasteiger partial charge in [0.05, 0.1) is 17.8 Å². The van der Waals surface area contributed by atoms with Crippen LogP contribution in [0.25, 0.3) is 0 Å². The van der Waals surface area contributed by atoms with Crippen molar-refractivity contribution in [3.05, 3.63) is 23.5 Å². The fourth-order valence-electron chi connectivity index (χ4n) is 2.46. The predicted molar refractivity (Wildman–Crippen MR) is 78.3 cm³/mol. The summed E-state index contributed by atoms with van der Waals surface area (Å²) in [5.74, 6) is 0.879. The summed E-state index contributed by atoms with van der Waals surface area (Å²) in [5, 5.41) is 7.56. The normalized spacial score (nSPS) is 18.9. The number of nitrogens with one attached hydrogen (secondary N) is 1. The first-order valence-electron chi connectivity index (χ1n) is 6.95. The van der Waals surface area contributed by atoms with Gasteiger partial charge < -0.3 is 10.1 Å². The van der Waals surface area contributed by atoms with Crippen molar-refractivity contribution >= 4 is 11.8 Å². The molecule has 0 spiro atoms. The van der Waals surface area contributed by atoms with E-state index >= 15 is 0 Å². The molecule has 2 heterocycles. The van der Waals surface area contributed by atoms with Crippen molar-refractivity contribution in [1.29, 1.82) is 0 Å². The third kappa shape index (κ3) is 2.71. The number of fused-ring (bicyclic) bond motifs is 1. The van der Waals surface area contributed by atoms with E-state index in [1.54, 1.807) is 6.20 Å². The summed E-state index contributed by atoms with van der Waals surface area (Å²) in [7, 11) is 0. The molecule has 0 radical (unpaired) electrons. The van der Waals surface area contributed by atoms with Gasteiger partial charge in [0.2, 0.25) is 0 Å². The zero-order chi connectivity index (χ0) is 15.1. The summed E-state index contributed by atoms with van der Waals surface area (Å²) in [4.78, 5) is 12.5. The Hall–Kier alpha value is -1.78. The van der Waals surface area contributed by atoms with Crippen molar-refractivity contribution in [2.24, 2.45) is 5.92 Å². The molecule has 20 heavy (non-hydrogen) atoms. The number of carbonyl (C=O) groups excluding carboxylic acids is 1. The summed E-state index contributed by atoms with van der Waals surface area (Å²) in [6.07, 6.45) is 1.74. The van der Waals surface area contributed by atoms with Gasteiger partial charge in [-0.15, -0.1) is 0 Å². The zero-order valence-corrected chi connectivity index (χ0v) is 13.0. The van der Waals surface area contributed by atoms with E-state index in [4.69, 9.17) is 4.74 Å². The van der Waals surface area contributed by atoms with Crippen LogP contribution in [0.4, 0.5) is 5.82 Å². The molecule has 110 valence electrons. The molecule has 1 aromatic heterocycles. The second kappa shape index (κ2) is 4.96. The first-order chi connectivity index (χ1) is 9.20. The summed E-state index contributed by atoms with van der Waals surface area (Å²) in [5.41, 5.74) is 0.994. The van der Waals surface area contributed by atoms with E-state index < -0.39 is 5.60 Å². The molecule has 1 unspecified atom stereocenters. The SMILES string of the molecule is CC1=C(C(=O)OC(C)(C)C)C(C(C)C)n2nccc2N1. The van der Waals surface area contributed by atoms with Gasteiger partial charge in [0.15, 0.2) is 0 Å². The van der Waals surface area contributed by atoms with E-state index in [1.165, 1.54) is 0 Å². The molecule has 0 aliphatic carbocycles. The molecule has 2 rings (SSSR count). The lowest BCUT2D eigenvalue weighted by Crippen LogP contribution is -2.34. The fourth-order valence-corrected chi connectivity index (χ4v) is 2.46. The second-order valence-corrected chi connectivity index (χ2v) is 6.52. The minimum absolute atomic E-state index is 0.101. The van der Waals surface area contributed by atoms with E-state index in [2.05, 4.69) is 24.3 Å². The largest absolute Gasteiger partial charge is 0.456 e. The molecule has 5 heteroatoms. The molecule has 0 saturated heterocycles. The zero-order valence-electron chi connectivity index (χ0n) is 13.0. The van der Waals surface area contributed by atoms with E-state index in [1.807, 2.05) is 38.4 Å². The fraction of sp³-hybridized carbons (Fsp3) is 0.600. The van der Waals surface area contributed by atoms with Crippen molar-refractivity contribution < 1.29 is 9.53 Å². The molecule has 0 amide bonds. The van der Waals surface area contributed by atoms with Gasteiger partial charge in [-0.1, -0.05) is 13.8 Å². The summed E-state index contributed by atoms with van der Waals surface area (Å²) in [6, 6.07) is 1.81. The smallest absolute Gasteiger partial charge is 0.338 e. The van der Waals surface area contributed by atoms with Crippen LogP contribution in [0, 0.1) is 5.92 Å². The number of ether oxygens (including phenoxy) is 1. The maximum Gasteiger partial charge on any atom is 0.338 e. The van der Waals surface area contributed by atoms with E-state index in [-0.39, 0.29) is 17.9 Å².